The molecule has 0 aromatic carbocycles. The lowest BCUT2D eigenvalue weighted by atomic mass is 10.0. The zero-order chi connectivity index (χ0) is 13.4. The van der Waals surface area contributed by atoms with Crippen LogP contribution in [-0.4, -0.2) is 53.0 Å². The average molecular weight is 243 g/mol. The highest BCUT2D eigenvalue weighted by atomic mass is 16.4. The second kappa shape index (κ2) is 7.56. The monoisotopic (exact) mass is 243 g/mol. The van der Waals surface area contributed by atoms with Crippen molar-refractivity contribution in [3.63, 3.8) is 0 Å². The molecule has 6 nitrogen and oxygen atoms in total. The summed E-state index contributed by atoms with van der Waals surface area (Å²) in [6.07, 6.45) is 3.90. The Kier molecular flexibility index (Phi) is 6.81. The van der Waals surface area contributed by atoms with E-state index in [2.05, 4.69) is 18.0 Å². The lowest BCUT2D eigenvalue weighted by Gasteiger charge is -2.21. The molecule has 2 N–H and O–H groups in total. The average Bonchev–Trinajstić information content (AvgIpc) is 2.21. The molecule has 0 unspecified atom stereocenters. The number of likely N-dealkylation sites (N-methyl/N-ethyl adjacent to an activating group) is 1. The van der Waals surface area contributed by atoms with Gasteiger partial charge in [0.05, 0.1) is 0 Å². The third-order valence-corrected chi connectivity index (χ3v) is 2.17. The normalized spacial score (nSPS) is 15.3. The van der Waals surface area contributed by atoms with E-state index in [1.54, 1.807) is 6.92 Å². The summed E-state index contributed by atoms with van der Waals surface area (Å²) in [7, 11) is 2.10. The van der Waals surface area contributed by atoms with Gasteiger partial charge in [-0.1, -0.05) is 11.6 Å². The number of hydrogen-bond donors (Lipinski definition) is 2. The molecule has 17 heavy (non-hydrogen) atoms. The summed E-state index contributed by atoms with van der Waals surface area (Å²) in [5.41, 5.74) is 1.32. The Balaban J connectivity index is 0.000000366. The fourth-order valence-corrected chi connectivity index (χ4v) is 1.29. The molecule has 1 aliphatic heterocycles. The van der Waals surface area contributed by atoms with E-state index in [4.69, 9.17) is 19.8 Å². The van der Waals surface area contributed by atoms with Crippen LogP contribution in [0.3, 0.4) is 0 Å². The SMILES string of the molecule is CC(=O)CC1=CCN(C)CC1.O=C(O)C(=O)O. The van der Waals surface area contributed by atoms with E-state index in [1.807, 2.05) is 0 Å². The van der Waals surface area contributed by atoms with E-state index in [1.165, 1.54) is 5.57 Å². The molecule has 0 aromatic rings. The van der Waals surface area contributed by atoms with Crippen molar-refractivity contribution < 1.29 is 24.6 Å². The summed E-state index contributed by atoms with van der Waals surface area (Å²) in [6.45, 7) is 3.75. The van der Waals surface area contributed by atoms with Gasteiger partial charge in [-0.25, -0.2) is 9.59 Å². The Morgan fingerprint density at radius 3 is 2.12 bits per heavy atom. The van der Waals surface area contributed by atoms with Gasteiger partial charge in [0.25, 0.3) is 0 Å². The lowest BCUT2D eigenvalue weighted by molar-refractivity contribution is -0.159. The van der Waals surface area contributed by atoms with Gasteiger partial charge < -0.3 is 15.1 Å². The van der Waals surface area contributed by atoms with Crippen LogP contribution in [0.25, 0.3) is 0 Å². The number of ketones is 1. The van der Waals surface area contributed by atoms with Crippen molar-refractivity contribution in [3.05, 3.63) is 11.6 Å². The summed E-state index contributed by atoms with van der Waals surface area (Å²) in [6, 6.07) is 0. The van der Waals surface area contributed by atoms with Crippen molar-refractivity contribution in [1.82, 2.24) is 4.90 Å². The Hall–Kier alpha value is -1.69. The maximum Gasteiger partial charge on any atom is 0.414 e. The van der Waals surface area contributed by atoms with Crippen LogP contribution in [0.5, 0.6) is 0 Å². The van der Waals surface area contributed by atoms with Gasteiger partial charge in [-0.15, -0.1) is 0 Å². The lowest BCUT2D eigenvalue weighted by Crippen LogP contribution is -2.24. The van der Waals surface area contributed by atoms with Crippen molar-refractivity contribution in [3.8, 4) is 0 Å². The second-order valence-corrected chi connectivity index (χ2v) is 3.86. The van der Waals surface area contributed by atoms with Gasteiger partial charge in [-0.3, -0.25) is 4.79 Å². The molecule has 0 saturated heterocycles. The zero-order valence-electron chi connectivity index (χ0n) is 9.97. The maximum atomic E-state index is 10.7. The number of Topliss-reactive ketones (excluding diaryl/α,β-unsaturated/α-hetero) is 1. The van der Waals surface area contributed by atoms with E-state index < -0.39 is 11.9 Å². The van der Waals surface area contributed by atoms with Crippen molar-refractivity contribution in [2.24, 2.45) is 0 Å². The zero-order valence-corrected chi connectivity index (χ0v) is 9.97. The standard InChI is InChI=1S/C9H15NO.C2H2O4/c1-8(11)7-9-3-5-10(2)6-4-9;3-1(4)2(5)6/h3H,4-7H2,1-2H3;(H,3,4)(H,5,6). The smallest absolute Gasteiger partial charge is 0.414 e. The van der Waals surface area contributed by atoms with E-state index in [0.717, 1.165) is 19.5 Å². The molecule has 1 heterocycles. The predicted octanol–water partition coefficient (Wildman–Crippen LogP) is 0.383. The third kappa shape index (κ3) is 8.15. The van der Waals surface area contributed by atoms with Gasteiger partial charge in [0.2, 0.25) is 0 Å². The molecule has 96 valence electrons. The fraction of sp³-hybridized carbons (Fsp3) is 0.545. The summed E-state index contributed by atoms with van der Waals surface area (Å²) in [4.78, 5) is 31.2. The van der Waals surface area contributed by atoms with Gasteiger partial charge in [0.1, 0.15) is 5.78 Å². The molecule has 0 atom stereocenters. The van der Waals surface area contributed by atoms with Crippen LogP contribution < -0.4 is 0 Å². The molecule has 6 heteroatoms. The van der Waals surface area contributed by atoms with Crippen LogP contribution in [0.15, 0.2) is 11.6 Å². The minimum atomic E-state index is -1.82. The molecular formula is C11H17NO5. The van der Waals surface area contributed by atoms with E-state index in [9.17, 15) is 4.79 Å². The third-order valence-electron chi connectivity index (χ3n) is 2.17. The fourth-order valence-electron chi connectivity index (χ4n) is 1.29. The summed E-state index contributed by atoms with van der Waals surface area (Å²) in [5, 5.41) is 14.8. The number of nitrogens with zero attached hydrogens (tertiary/aromatic N) is 1. The van der Waals surface area contributed by atoms with Crippen LogP contribution in [0.1, 0.15) is 19.8 Å². The van der Waals surface area contributed by atoms with Crippen LogP contribution in [0, 0.1) is 0 Å². The first-order chi connectivity index (χ1) is 7.82. The van der Waals surface area contributed by atoms with Crippen molar-refractivity contribution >= 4 is 17.7 Å². The number of rotatable bonds is 2. The molecule has 0 saturated carbocycles. The van der Waals surface area contributed by atoms with E-state index in [0.29, 0.717) is 6.42 Å². The highest BCUT2D eigenvalue weighted by molar-refractivity contribution is 6.27. The van der Waals surface area contributed by atoms with Crippen molar-refractivity contribution in [2.75, 3.05) is 20.1 Å². The topological polar surface area (TPSA) is 94.9 Å². The van der Waals surface area contributed by atoms with Gasteiger partial charge in [0, 0.05) is 19.5 Å². The van der Waals surface area contributed by atoms with Crippen LogP contribution in [-0.2, 0) is 14.4 Å². The first kappa shape index (κ1) is 15.3. The molecule has 0 aromatic heterocycles. The molecule has 1 rings (SSSR count). The first-order valence-corrected chi connectivity index (χ1v) is 5.15. The minimum Gasteiger partial charge on any atom is -0.473 e. The molecule has 0 amide bonds. The number of carboxylic acid groups (broad SMARTS) is 2. The number of aliphatic carboxylic acids is 2. The number of carbonyl (C=O) groups excluding carboxylic acids is 1. The molecular weight excluding hydrogens is 226 g/mol. The molecule has 0 spiro atoms. The van der Waals surface area contributed by atoms with Gasteiger partial charge in [0.15, 0.2) is 0 Å². The molecule has 0 bridgehead atoms. The van der Waals surface area contributed by atoms with Crippen LogP contribution in [0.4, 0.5) is 0 Å². The summed E-state index contributed by atoms with van der Waals surface area (Å²) < 4.78 is 0. The number of carboxylic acids is 2. The largest absolute Gasteiger partial charge is 0.473 e. The Morgan fingerprint density at radius 1 is 1.29 bits per heavy atom. The Bertz CT molecular complexity index is 323. The van der Waals surface area contributed by atoms with Gasteiger partial charge in [-0.2, -0.15) is 0 Å². The first-order valence-electron chi connectivity index (χ1n) is 5.15. The molecule has 0 fully saturated rings. The minimum absolute atomic E-state index is 0.279. The van der Waals surface area contributed by atoms with Gasteiger partial charge >= 0.3 is 11.9 Å². The summed E-state index contributed by atoms with van der Waals surface area (Å²) in [5.74, 6) is -3.37. The van der Waals surface area contributed by atoms with Crippen LogP contribution >= 0.6 is 0 Å². The second-order valence-electron chi connectivity index (χ2n) is 3.86. The molecule has 0 radical (unpaired) electrons. The van der Waals surface area contributed by atoms with E-state index in [-0.39, 0.29) is 5.78 Å². The quantitative estimate of drug-likeness (QED) is 0.538. The molecule has 0 aliphatic carbocycles. The van der Waals surface area contributed by atoms with Crippen molar-refractivity contribution in [1.29, 1.82) is 0 Å². The van der Waals surface area contributed by atoms with Crippen molar-refractivity contribution in [2.45, 2.75) is 19.8 Å². The van der Waals surface area contributed by atoms with Crippen LogP contribution in [0.2, 0.25) is 0 Å². The summed E-state index contributed by atoms with van der Waals surface area (Å²) >= 11 is 0. The Labute approximate surface area is 99.5 Å². The Morgan fingerprint density at radius 2 is 1.82 bits per heavy atom. The highest BCUT2D eigenvalue weighted by Crippen LogP contribution is 2.12. The number of hydrogen-bond acceptors (Lipinski definition) is 4. The number of carbonyl (C=O) groups is 3. The highest BCUT2D eigenvalue weighted by Gasteiger charge is 2.08. The van der Waals surface area contributed by atoms with Gasteiger partial charge in [-0.05, 0) is 20.4 Å². The maximum absolute atomic E-state index is 10.7. The predicted molar refractivity (Wildman–Crippen MR) is 60.8 cm³/mol. The molecule has 1 aliphatic rings. The van der Waals surface area contributed by atoms with E-state index >= 15 is 0 Å².